The summed E-state index contributed by atoms with van der Waals surface area (Å²) < 4.78 is 0. The number of carboxylic acids is 1. The molecule has 0 bridgehead atoms. The molecule has 2 aromatic carbocycles. The van der Waals surface area contributed by atoms with E-state index in [0.717, 1.165) is 22.0 Å². The summed E-state index contributed by atoms with van der Waals surface area (Å²) in [7, 11) is 0. The SMILES string of the molecule is CCC(C)C(NC(=O)C(Cc1c[nH]c2ccccc12)NC(=O)C(N)Cc1ccccc1)C(=O)NC(C)C(=O)O. The van der Waals surface area contributed by atoms with Crippen molar-refractivity contribution in [3.63, 3.8) is 0 Å². The molecule has 7 N–H and O–H groups in total. The van der Waals surface area contributed by atoms with Gasteiger partial charge in [-0.15, -0.1) is 0 Å². The lowest BCUT2D eigenvalue weighted by molar-refractivity contribution is -0.142. The molecule has 3 aromatic rings. The molecule has 10 heteroatoms. The van der Waals surface area contributed by atoms with Crippen LogP contribution in [0.15, 0.2) is 60.8 Å². The molecule has 3 rings (SSSR count). The van der Waals surface area contributed by atoms with Gasteiger partial charge in [0.2, 0.25) is 17.7 Å². The molecule has 0 fully saturated rings. The molecular weight excluding hydrogens is 498 g/mol. The number of aromatic amines is 1. The van der Waals surface area contributed by atoms with Gasteiger partial charge in [0.05, 0.1) is 6.04 Å². The summed E-state index contributed by atoms with van der Waals surface area (Å²) in [6.45, 7) is 5.01. The summed E-state index contributed by atoms with van der Waals surface area (Å²) in [4.78, 5) is 54.1. The van der Waals surface area contributed by atoms with Crippen molar-refractivity contribution in [2.75, 3.05) is 0 Å². The maximum atomic E-state index is 13.6. The second-order valence-corrected chi connectivity index (χ2v) is 9.86. The number of nitrogens with two attached hydrogens (primary N) is 1. The quantitative estimate of drug-likeness (QED) is 0.195. The molecule has 208 valence electrons. The van der Waals surface area contributed by atoms with Gasteiger partial charge < -0.3 is 31.8 Å². The van der Waals surface area contributed by atoms with Crippen molar-refractivity contribution < 1.29 is 24.3 Å². The van der Waals surface area contributed by atoms with Crippen molar-refractivity contribution >= 4 is 34.6 Å². The summed E-state index contributed by atoms with van der Waals surface area (Å²) in [6, 6.07) is 12.9. The highest BCUT2D eigenvalue weighted by Gasteiger charge is 2.32. The highest BCUT2D eigenvalue weighted by molar-refractivity contribution is 5.95. The molecule has 5 unspecified atom stereocenters. The number of aromatic nitrogens is 1. The van der Waals surface area contributed by atoms with Crippen LogP contribution >= 0.6 is 0 Å². The Balaban J connectivity index is 1.83. The van der Waals surface area contributed by atoms with Crippen LogP contribution in [0.4, 0.5) is 0 Å². The number of carbonyl (C=O) groups is 4. The molecule has 0 radical (unpaired) electrons. The van der Waals surface area contributed by atoms with Crippen molar-refractivity contribution in [3.05, 3.63) is 71.9 Å². The molecule has 0 saturated carbocycles. The van der Waals surface area contributed by atoms with E-state index in [1.807, 2.05) is 61.5 Å². The third-order valence-electron chi connectivity index (χ3n) is 6.89. The van der Waals surface area contributed by atoms with E-state index >= 15 is 0 Å². The average molecular weight is 536 g/mol. The van der Waals surface area contributed by atoms with Crippen molar-refractivity contribution in [1.29, 1.82) is 0 Å². The number of carboxylic acid groups (broad SMARTS) is 1. The molecule has 0 aliphatic heterocycles. The van der Waals surface area contributed by atoms with Gasteiger partial charge in [-0.3, -0.25) is 19.2 Å². The Hall–Kier alpha value is -4.18. The molecule has 1 heterocycles. The number of hydrogen-bond acceptors (Lipinski definition) is 5. The van der Waals surface area contributed by atoms with Gasteiger partial charge in [0, 0.05) is 23.5 Å². The summed E-state index contributed by atoms with van der Waals surface area (Å²) in [5.74, 6) is -3.15. The number of carbonyl (C=O) groups excluding carboxylic acids is 3. The lowest BCUT2D eigenvalue weighted by Gasteiger charge is -2.27. The Labute approximate surface area is 227 Å². The Bertz CT molecular complexity index is 1290. The molecule has 39 heavy (non-hydrogen) atoms. The van der Waals surface area contributed by atoms with E-state index < -0.39 is 47.9 Å². The molecule has 0 spiro atoms. The number of benzene rings is 2. The van der Waals surface area contributed by atoms with Crippen molar-refractivity contribution in [2.45, 2.75) is 64.2 Å². The van der Waals surface area contributed by atoms with Crippen molar-refractivity contribution in [3.8, 4) is 0 Å². The van der Waals surface area contributed by atoms with Crippen LogP contribution in [0.2, 0.25) is 0 Å². The molecule has 1 aromatic heterocycles. The van der Waals surface area contributed by atoms with Gasteiger partial charge in [0.15, 0.2) is 0 Å². The zero-order chi connectivity index (χ0) is 28.5. The predicted octanol–water partition coefficient (Wildman–Crippen LogP) is 1.89. The van der Waals surface area contributed by atoms with E-state index in [-0.39, 0.29) is 12.3 Å². The van der Waals surface area contributed by atoms with E-state index in [4.69, 9.17) is 5.73 Å². The third-order valence-corrected chi connectivity index (χ3v) is 6.89. The zero-order valence-corrected chi connectivity index (χ0v) is 22.4. The average Bonchev–Trinajstić information content (AvgIpc) is 3.33. The fourth-order valence-corrected chi connectivity index (χ4v) is 4.29. The van der Waals surface area contributed by atoms with Gasteiger partial charge in [-0.05, 0) is 36.5 Å². The highest BCUT2D eigenvalue weighted by Crippen LogP contribution is 2.20. The van der Waals surface area contributed by atoms with Crippen LogP contribution in [0.25, 0.3) is 10.9 Å². The van der Waals surface area contributed by atoms with Gasteiger partial charge in [0.1, 0.15) is 18.1 Å². The van der Waals surface area contributed by atoms with Crippen LogP contribution < -0.4 is 21.7 Å². The maximum absolute atomic E-state index is 13.6. The monoisotopic (exact) mass is 535 g/mol. The number of para-hydroxylation sites is 1. The standard InChI is InChI=1S/C29H37N5O5/c1-4-17(2)25(28(37)32-18(3)29(38)39)34-27(36)24(15-20-16-31-23-13-9-8-12-21(20)23)33-26(35)22(30)14-19-10-6-5-7-11-19/h5-13,16-18,22,24-25,31H,4,14-15,30H2,1-3H3,(H,32,37)(H,33,35)(H,34,36)(H,38,39). The number of H-pyrrole nitrogens is 1. The lowest BCUT2D eigenvalue weighted by atomic mass is 9.96. The second kappa shape index (κ2) is 13.6. The van der Waals surface area contributed by atoms with E-state index in [1.165, 1.54) is 6.92 Å². The fraction of sp³-hybridized carbons (Fsp3) is 0.379. The Morgan fingerprint density at radius 3 is 2.21 bits per heavy atom. The van der Waals surface area contributed by atoms with E-state index in [9.17, 15) is 24.3 Å². The first-order chi connectivity index (χ1) is 18.6. The molecular formula is C29H37N5O5. The van der Waals surface area contributed by atoms with Crippen LogP contribution in [0.5, 0.6) is 0 Å². The first kappa shape index (κ1) is 29.4. The molecule has 3 amide bonds. The van der Waals surface area contributed by atoms with E-state index in [0.29, 0.717) is 12.8 Å². The highest BCUT2D eigenvalue weighted by atomic mass is 16.4. The smallest absolute Gasteiger partial charge is 0.325 e. The number of fused-ring (bicyclic) bond motifs is 1. The summed E-state index contributed by atoms with van der Waals surface area (Å²) in [5.41, 5.74) is 8.78. The van der Waals surface area contributed by atoms with Gasteiger partial charge in [0.25, 0.3) is 0 Å². The van der Waals surface area contributed by atoms with Crippen molar-refractivity contribution in [2.24, 2.45) is 11.7 Å². The van der Waals surface area contributed by atoms with Gasteiger partial charge in [-0.25, -0.2) is 0 Å². The van der Waals surface area contributed by atoms with Crippen LogP contribution in [0.1, 0.15) is 38.3 Å². The number of nitrogens with one attached hydrogen (secondary N) is 4. The molecule has 0 aliphatic rings. The predicted molar refractivity (Wildman–Crippen MR) is 149 cm³/mol. The minimum Gasteiger partial charge on any atom is -0.480 e. The first-order valence-electron chi connectivity index (χ1n) is 13.1. The van der Waals surface area contributed by atoms with E-state index in [2.05, 4.69) is 20.9 Å². The zero-order valence-electron chi connectivity index (χ0n) is 22.4. The number of hydrogen-bond donors (Lipinski definition) is 6. The minimum absolute atomic E-state index is 0.153. The molecule has 0 aliphatic carbocycles. The molecule has 0 saturated heterocycles. The normalized spacial score (nSPS) is 15.0. The summed E-state index contributed by atoms with van der Waals surface area (Å²) >= 11 is 0. The fourth-order valence-electron chi connectivity index (χ4n) is 4.29. The molecule has 5 atom stereocenters. The van der Waals surface area contributed by atoms with Crippen LogP contribution in [0, 0.1) is 5.92 Å². The topological polar surface area (TPSA) is 166 Å². The van der Waals surface area contributed by atoms with Crippen LogP contribution in [0.3, 0.4) is 0 Å². The van der Waals surface area contributed by atoms with Gasteiger partial charge in [-0.1, -0.05) is 68.8 Å². The minimum atomic E-state index is -1.19. The van der Waals surface area contributed by atoms with Crippen molar-refractivity contribution in [1.82, 2.24) is 20.9 Å². The first-order valence-corrected chi connectivity index (χ1v) is 13.1. The molecule has 10 nitrogen and oxygen atoms in total. The van der Waals surface area contributed by atoms with Crippen LogP contribution in [-0.2, 0) is 32.0 Å². The lowest BCUT2D eigenvalue weighted by Crippen LogP contribution is -2.59. The Morgan fingerprint density at radius 1 is 0.872 bits per heavy atom. The number of amides is 3. The Kier molecular flexibility index (Phi) is 10.2. The van der Waals surface area contributed by atoms with Gasteiger partial charge >= 0.3 is 5.97 Å². The number of aliphatic carboxylic acids is 1. The maximum Gasteiger partial charge on any atom is 0.325 e. The summed E-state index contributed by atoms with van der Waals surface area (Å²) in [6.07, 6.45) is 2.79. The van der Waals surface area contributed by atoms with Gasteiger partial charge in [-0.2, -0.15) is 0 Å². The second-order valence-electron chi connectivity index (χ2n) is 9.86. The van der Waals surface area contributed by atoms with Crippen LogP contribution in [-0.4, -0.2) is 57.9 Å². The third kappa shape index (κ3) is 7.90. The Morgan fingerprint density at radius 2 is 1.54 bits per heavy atom. The summed E-state index contributed by atoms with van der Waals surface area (Å²) in [5, 5.41) is 18.1. The number of rotatable bonds is 13. The largest absolute Gasteiger partial charge is 0.480 e. The van der Waals surface area contributed by atoms with E-state index in [1.54, 1.807) is 13.1 Å².